The topological polar surface area (TPSA) is 64.4 Å². The highest BCUT2D eigenvalue weighted by atomic mass is 19.1. The summed E-state index contributed by atoms with van der Waals surface area (Å²) < 4.78 is 18.8. The predicted molar refractivity (Wildman–Crippen MR) is 68.8 cm³/mol. The van der Waals surface area contributed by atoms with Gasteiger partial charge in [0, 0.05) is 18.2 Å². The van der Waals surface area contributed by atoms with Crippen LogP contribution in [0.2, 0.25) is 0 Å². The first-order valence-corrected chi connectivity index (χ1v) is 6.38. The molecule has 0 saturated heterocycles. The van der Waals surface area contributed by atoms with Crippen LogP contribution in [0.25, 0.3) is 0 Å². The maximum absolute atomic E-state index is 13.2. The third-order valence-corrected chi connectivity index (χ3v) is 3.49. The maximum atomic E-state index is 13.2. The second-order valence-electron chi connectivity index (χ2n) is 4.75. The van der Waals surface area contributed by atoms with E-state index in [9.17, 15) is 14.5 Å². The normalized spacial score (nSPS) is 23.1. The molecular formula is C13H17FN2O3. The minimum atomic E-state index is -0.548. The van der Waals surface area contributed by atoms with Gasteiger partial charge in [-0.05, 0) is 38.8 Å². The first-order valence-electron chi connectivity index (χ1n) is 6.38. The Labute approximate surface area is 110 Å². The van der Waals surface area contributed by atoms with Crippen molar-refractivity contribution in [3.8, 4) is 5.75 Å². The molecule has 6 heteroatoms. The minimum Gasteiger partial charge on any atom is -0.483 e. The zero-order chi connectivity index (χ0) is 13.8. The van der Waals surface area contributed by atoms with E-state index in [0.29, 0.717) is 6.04 Å². The summed E-state index contributed by atoms with van der Waals surface area (Å²) in [5.41, 5.74) is -0.183. The summed E-state index contributed by atoms with van der Waals surface area (Å²) in [6.07, 6.45) is 3.48. The predicted octanol–water partition coefficient (Wildman–Crippen LogP) is 2.64. The molecule has 0 amide bonds. The average Bonchev–Trinajstić information content (AvgIpc) is 2.39. The number of benzene rings is 1. The van der Waals surface area contributed by atoms with E-state index in [0.717, 1.165) is 43.9 Å². The summed E-state index contributed by atoms with van der Waals surface area (Å²) in [6, 6.07) is 3.78. The van der Waals surface area contributed by atoms with Crippen molar-refractivity contribution in [3.05, 3.63) is 34.1 Å². The fourth-order valence-electron chi connectivity index (χ4n) is 2.38. The van der Waals surface area contributed by atoms with Gasteiger partial charge in [-0.1, -0.05) is 0 Å². The van der Waals surface area contributed by atoms with Crippen LogP contribution in [0.4, 0.5) is 10.1 Å². The summed E-state index contributed by atoms with van der Waals surface area (Å²) in [4.78, 5) is 10.3. The van der Waals surface area contributed by atoms with Crippen LogP contribution in [-0.2, 0) is 0 Å². The summed E-state index contributed by atoms with van der Waals surface area (Å²) in [5.74, 6) is -0.498. The number of halogens is 1. The lowest BCUT2D eigenvalue weighted by atomic mass is 9.93. The Morgan fingerprint density at radius 1 is 1.37 bits per heavy atom. The van der Waals surface area contributed by atoms with E-state index >= 15 is 0 Å². The Hall–Kier alpha value is -1.69. The van der Waals surface area contributed by atoms with Crippen LogP contribution in [0.15, 0.2) is 18.2 Å². The monoisotopic (exact) mass is 268 g/mol. The van der Waals surface area contributed by atoms with E-state index in [1.807, 2.05) is 7.05 Å². The molecular weight excluding hydrogens is 251 g/mol. The number of nitrogens with one attached hydrogen (secondary N) is 1. The third-order valence-electron chi connectivity index (χ3n) is 3.49. The molecule has 1 N–H and O–H groups in total. The molecule has 0 heterocycles. The molecule has 1 saturated carbocycles. The van der Waals surface area contributed by atoms with E-state index in [-0.39, 0.29) is 17.5 Å². The highest BCUT2D eigenvalue weighted by Crippen LogP contribution is 2.31. The summed E-state index contributed by atoms with van der Waals surface area (Å²) >= 11 is 0. The van der Waals surface area contributed by atoms with Crippen molar-refractivity contribution < 1.29 is 14.1 Å². The van der Waals surface area contributed by atoms with Crippen molar-refractivity contribution in [2.75, 3.05) is 7.05 Å². The molecule has 2 rings (SSSR count). The number of nitro benzene ring substituents is 1. The first kappa shape index (κ1) is 13.7. The highest BCUT2D eigenvalue weighted by molar-refractivity contribution is 5.46. The van der Waals surface area contributed by atoms with Crippen LogP contribution >= 0.6 is 0 Å². The Kier molecular flexibility index (Phi) is 4.31. The smallest absolute Gasteiger partial charge is 0.311 e. The van der Waals surface area contributed by atoms with Crippen molar-refractivity contribution in [2.45, 2.75) is 37.8 Å². The summed E-state index contributed by atoms with van der Waals surface area (Å²) in [7, 11) is 1.92. The highest BCUT2D eigenvalue weighted by Gasteiger charge is 2.24. The molecule has 5 nitrogen and oxygen atoms in total. The van der Waals surface area contributed by atoms with Crippen LogP contribution in [0.3, 0.4) is 0 Å². The third kappa shape index (κ3) is 3.41. The molecule has 1 aliphatic rings. The molecule has 1 aliphatic carbocycles. The molecule has 19 heavy (non-hydrogen) atoms. The van der Waals surface area contributed by atoms with Crippen LogP contribution < -0.4 is 10.1 Å². The molecule has 1 fully saturated rings. The van der Waals surface area contributed by atoms with Gasteiger partial charge in [0.25, 0.3) is 0 Å². The molecule has 0 unspecified atom stereocenters. The molecule has 1 aromatic rings. The van der Waals surface area contributed by atoms with Crippen molar-refractivity contribution in [3.63, 3.8) is 0 Å². The van der Waals surface area contributed by atoms with Crippen LogP contribution in [-0.4, -0.2) is 24.1 Å². The lowest BCUT2D eigenvalue weighted by molar-refractivity contribution is -0.386. The first-order chi connectivity index (χ1) is 9.10. The Bertz CT molecular complexity index is 459. The van der Waals surface area contributed by atoms with Crippen LogP contribution in [0.1, 0.15) is 25.7 Å². The van der Waals surface area contributed by atoms with E-state index in [1.54, 1.807) is 0 Å². The van der Waals surface area contributed by atoms with E-state index in [1.165, 1.54) is 0 Å². The molecule has 0 spiro atoms. The second-order valence-corrected chi connectivity index (χ2v) is 4.75. The van der Waals surface area contributed by atoms with Gasteiger partial charge < -0.3 is 10.1 Å². The second kappa shape index (κ2) is 5.97. The van der Waals surface area contributed by atoms with E-state index < -0.39 is 10.7 Å². The molecule has 0 aromatic heterocycles. The lowest BCUT2D eigenvalue weighted by Gasteiger charge is -2.28. The van der Waals surface area contributed by atoms with E-state index in [2.05, 4.69) is 5.32 Å². The number of nitro groups is 1. The molecule has 1 aromatic carbocycles. The van der Waals surface area contributed by atoms with Crippen LogP contribution in [0, 0.1) is 15.9 Å². The molecule has 0 radical (unpaired) electrons. The van der Waals surface area contributed by atoms with Gasteiger partial charge in [-0.15, -0.1) is 0 Å². The fraction of sp³-hybridized carbons (Fsp3) is 0.538. The van der Waals surface area contributed by atoms with Gasteiger partial charge in [0.2, 0.25) is 0 Å². The quantitative estimate of drug-likeness (QED) is 0.673. The number of hydrogen-bond donors (Lipinski definition) is 1. The molecule has 0 atom stereocenters. The number of hydrogen-bond acceptors (Lipinski definition) is 4. The molecule has 104 valence electrons. The Morgan fingerprint density at radius 2 is 2.05 bits per heavy atom. The Morgan fingerprint density at radius 3 is 2.63 bits per heavy atom. The zero-order valence-electron chi connectivity index (χ0n) is 10.8. The van der Waals surface area contributed by atoms with E-state index in [4.69, 9.17) is 4.74 Å². The van der Waals surface area contributed by atoms with Crippen molar-refractivity contribution in [1.82, 2.24) is 5.32 Å². The zero-order valence-corrected chi connectivity index (χ0v) is 10.8. The van der Waals surface area contributed by atoms with Gasteiger partial charge in [-0.2, -0.15) is 0 Å². The molecule has 0 aliphatic heterocycles. The minimum absolute atomic E-state index is 0.0258. The SMILES string of the molecule is CN[C@H]1CC[C@@H](Oc2cc(F)ccc2[N+](=O)[O-])CC1. The standard InChI is InChI=1S/C13H17FN2O3/c1-15-10-3-5-11(6-4-10)19-13-8-9(14)2-7-12(13)16(17)18/h2,7-8,10-11,15H,3-6H2,1H3/t10-,11+. The van der Waals surface area contributed by atoms with Gasteiger partial charge in [0.05, 0.1) is 11.0 Å². The van der Waals surface area contributed by atoms with Gasteiger partial charge in [-0.25, -0.2) is 4.39 Å². The number of ether oxygens (including phenoxy) is 1. The average molecular weight is 268 g/mol. The Balaban J connectivity index is 2.06. The maximum Gasteiger partial charge on any atom is 0.311 e. The largest absolute Gasteiger partial charge is 0.483 e. The number of rotatable bonds is 4. The summed E-state index contributed by atoms with van der Waals surface area (Å²) in [5, 5.41) is 14.1. The van der Waals surface area contributed by atoms with Gasteiger partial charge in [0.15, 0.2) is 5.75 Å². The lowest BCUT2D eigenvalue weighted by Crippen LogP contribution is -2.34. The van der Waals surface area contributed by atoms with Crippen molar-refractivity contribution >= 4 is 5.69 Å². The molecule has 0 bridgehead atoms. The van der Waals surface area contributed by atoms with Gasteiger partial charge in [-0.3, -0.25) is 10.1 Å². The fourth-order valence-corrected chi connectivity index (χ4v) is 2.38. The van der Waals surface area contributed by atoms with Crippen molar-refractivity contribution in [2.24, 2.45) is 0 Å². The van der Waals surface area contributed by atoms with Gasteiger partial charge >= 0.3 is 5.69 Å². The summed E-state index contributed by atoms with van der Waals surface area (Å²) in [6.45, 7) is 0. The van der Waals surface area contributed by atoms with Crippen molar-refractivity contribution in [1.29, 1.82) is 0 Å². The van der Waals surface area contributed by atoms with Gasteiger partial charge in [0.1, 0.15) is 5.82 Å². The number of nitrogens with zero attached hydrogens (tertiary/aromatic N) is 1. The van der Waals surface area contributed by atoms with Crippen LogP contribution in [0.5, 0.6) is 5.75 Å².